The van der Waals surface area contributed by atoms with Gasteiger partial charge in [-0.2, -0.15) is 0 Å². The minimum atomic E-state index is -0.558. The molecular formula is C27H32N2O3. The number of carbonyl (C=O) groups is 2. The fourth-order valence-electron chi connectivity index (χ4n) is 4.60. The van der Waals surface area contributed by atoms with Crippen LogP contribution in [0.3, 0.4) is 0 Å². The van der Waals surface area contributed by atoms with Crippen LogP contribution in [0.2, 0.25) is 0 Å². The van der Waals surface area contributed by atoms with E-state index in [1.54, 1.807) is 0 Å². The van der Waals surface area contributed by atoms with Crippen molar-refractivity contribution < 1.29 is 14.3 Å². The molecule has 2 aliphatic rings. The normalized spacial score (nSPS) is 16.0. The number of nitrogens with zero attached hydrogens (tertiary/aromatic N) is 1. The first kappa shape index (κ1) is 22.1. The van der Waals surface area contributed by atoms with Crippen molar-refractivity contribution >= 4 is 17.6 Å². The van der Waals surface area contributed by atoms with Gasteiger partial charge in [0.2, 0.25) is 0 Å². The fourth-order valence-corrected chi connectivity index (χ4v) is 4.60. The molecule has 2 amide bonds. The maximum absolute atomic E-state index is 12.6. The van der Waals surface area contributed by atoms with Crippen LogP contribution in [0.5, 0.6) is 0 Å². The maximum Gasteiger partial charge on any atom is 0.408 e. The van der Waals surface area contributed by atoms with Crippen LogP contribution < -0.4 is 5.32 Å². The van der Waals surface area contributed by atoms with Crippen LogP contribution in [0.15, 0.2) is 54.1 Å². The second-order valence-corrected chi connectivity index (χ2v) is 9.62. The number of ether oxygens (including phenoxy) is 1. The maximum atomic E-state index is 12.6. The quantitative estimate of drug-likeness (QED) is 0.746. The Kier molecular flexibility index (Phi) is 6.35. The third-order valence-corrected chi connectivity index (χ3v) is 6.11. The minimum Gasteiger partial charge on any atom is -0.439 e. The van der Waals surface area contributed by atoms with E-state index in [2.05, 4.69) is 53.8 Å². The summed E-state index contributed by atoms with van der Waals surface area (Å²) in [6.45, 7) is 6.69. The van der Waals surface area contributed by atoms with E-state index in [0.29, 0.717) is 13.1 Å². The van der Waals surface area contributed by atoms with Crippen molar-refractivity contribution in [3.05, 3.63) is 76.4 Å². The fraction of sp³-hybridized carbons (Fsp3) is 0.407. The summed E-state index contributed by atoms with van der Waals surface area (Å²) < 4.78 is 5.13. The number of hydrogen-bond donors (Lipinski definition) is 1. The van der Waals surface area contributed by atoms with E-state index in [9.17, 15) is 9.59 Å². The van der Waals surface area contributed by atoms with Gasteiger partial charge in [-0.25, -0.2) is 4.79 Å². The zero-order chi connectivity index (χ0) is 22.7. The lowest BCUT2D eigenvalue weighted by Crippen LogP contribution is -2.43. The van der Waals surface area contributed by atoms with Crippen molar-refractivity contribution in [2.24, 2.45) is 0 Å². The zero-order valence-electron chi connectivity index (χ0n) is 19.2. The molecule has 1 fully saturated rings. The van der Waals surface area contributed by atoms with Gasteiger partial charge in [0.15, 0.2) is 6.61 Å². The second-order valence-electron chi connectivity index (χ2n) is 9.62. The van der Waals surface area contributed by atoms with Gasteiger partial charge in [-0.05, 0) is 74.3 Å². The third kappa shape index (κ3) is 5.04. The molecule has 2 aromatic rings. The molecule has 1 saturated heterocycles. The average molecular weight is 433 g/mol. The number of alkyl carbamates (subject to hydrolysis) is 1. The van der Waals surface area contributed by atoms with Gasteiger partial charge in [-0.1, -0.05) is 54.1 Å². The van der Waals surface area contributed by atoms with E-state index in [1.165, 1.54) is 33.4 Å². The highest BCUT2D eigenvalue weighted by molar-refractivity contribution is 5.86. The number of benzene rings is 2. The van der Waals surface area contributed by atoms with E-state index in [4.69, 9.17) is 4.74 Å². The molecule has 2 aromatic carbocycles. The van der Waals surface area contributed by atoms with Crippen molar-refractivity contribution in [3.63, 3.8) is 0 Å². The average Bonchev–Trinajstić information content (AvgIpc) is 2.93. The Balaban J connectivity index is 1.49. The molecule has 32 heavy (non-hydrogen) atoms. The van der Waals surface area contributed by atoms with E-state index in [-0.39, 0.29) is 12.5 Å². The van der Waals surface area contributed by atoms with Crippen LogP contribution >= 0.6 is 0 Å². The number of nitrogens with one attached hydrogen (secondary N) is 1. The number of rotatable bonds is 2. The summed E-state index contributed by atoms with van der Waals surface area (Å²) in [5, 5.41) is 2.71. The van der Waals surface area contributed by atoms with E-state index in [1.807, 2.05) is 25.7 Å². The standard InChI is InChI=1S/C27H32N2O3/c1-27(2,3)28-26(31)32-18-24(30)29-16-14-21(15-17-29)25-22-10-6-4-8-19(22)12-13-20-9-5-7-11-23(20)25/h4-11H,12-18H2,1-3H3,(H,28,31). The van der Waals surface area contributed by atoms with E-state index in [0.717, 1.165) is 25.7 Å². The molecule has 1 aliphatic heterocycles. The predicted molar refractivity (Wildman–Crippen MR) is 126 cm³/mol. The second kappa shape index (κ2) is 9.19. The Morgan fingerprint density at radius 2 is 1.41 bits per heavy atom. The molecule has 0 atom stereocenters. The van der Waals surface area contributed by atoms with Crippen LogP contribution in [0.25, 0.3) is 5.57 Å². The molecule has 1 aliphatic carbocycles. The molecule has 0 bridgehead atoms. The molecule has 0 unspecified atom stereocenters. The molecule has 1 heterocycles. The summed E-state index contributed by atoms with van der Waals surface area (Å²) in [6, 6.07) is 17.4. The van der Waals surface area contributed by atoms with Crippen molar-refractivity contribution in [2.75, 3.05) is 19.7 Å². The van der Waals surface area contributed by atoms with Crippen molar-refractivity contribution in [3.8, 4) is 0 Å². The minimum absolute atomic E-state index is 0.139. The summed E-state index contributed by atoms with van der Waals surface area (Å²) in [5.74, 6) is -0.139. The molecular weight excluding hydrogens is 400 g/mol. The molecule has 0 aromatic heterocycles. The van der Waals surface area contributed by atoms with Crippen molar-refractivity contribution in [1.29, 1.82) is 0 Å². The first-order chi connectivity index (χ1) is 15.3. The molecule has 5 nitrogen and oxygen atoms in total. The van der Waals surface area contributed by atoms with Gasteiger partial charge >= 0.3 is 6.09 Å². The highest BCUT2D eigenvalue weighted by Crippen LogP contribution is 2.38. The summed E-state index contributed by atoms with van der Waals surface area (Å²) in [5.41, 5.74) is 7.80. The molecule has 0 spiro atoms. The third-order valence-electron chi connectivity index (χ3n) is 6.11. The Morgan fingerprint density at radius 3 is 1.94 bits per heavy atom. The van der Waals surface area contributed by atoms with Crippen LogP contribution in [-0.2, 0) is 22.4 Å². The summed E-state index contributed by atoms with van der Waals surface area (Å²) in [6.07, 6.45) is 3.19. The molecule has 5 heteroatoms. The molecule has 168 valence electrons. The molecule has 0 radical (unpaired) electrons. The number of hydrogen-bond acceptors (Lipinski definition) is 3. The van der Waals surface area contributed by atoms with E-state index >= 15 is 0 Å². The lowest BCUT2D eigenvalue weighted by Gasteiger charge is -2.30. The number of amides is 2. The van der Waals surface area contributed by atoms with E-state index < -0.39 is 11.6 Å². The lowest BCUT2D eigenvalue weighted by atomic mass is 9.86. The highest BCUT2D eigenvalue weighted by atomic mass is 16.6. The van der Waals surface area contributed by atoms with Crippen LogP contribution in [0, 0.1) is 0 Å². The Labute approximate surface area is 190 Å². The summed E-state index contributed by atoms with van der Waals surface area (Å²) >= 11 is 0. The SMILES string of the molecule is CC(C)(C)NC(=O)OCC(=O)N1CCC(=C2c3ccccc3CCc3ccccc32)CC1. The van der Waals surface area contributed by atoms with Gasteiger partial charge in [0.1, 0.15) is 0 Å². The lowest BCUT2D eigenvalue weighted by molar-refractivity contribution is -0.134. The number of carbonyl (C=O) groups excluding carboxylic acids is 2. The summed E-state index contributed by atoms with van der Waals surface area (Å²) in [4.78, 5) is 26.3. The Hall–Kier alpha value is -3.08. The Bertz CT molecular complexity index is 989. The predicted octanol–water partition coefficient (Wildman–Crippen LogP) is 4.73. The number of aryl methyl sites for hydroxylation is 2. The first-order valence-corrected chi connectivity index (χ1v) is 11.4. The number of fused-ring (bicyclic) bond motifs is 2. The topological polar surface area (TPSA) is 58.6 Å². The van der Waals surface area contributed by atoms with Crippen molar-refractivity contribution in [2.45, 2.75) is 52.0 Å². The van der Waals surface area contributed by atoms with Gasteiger partial charge in [-0.3, -0.25) is 4.79 Å². The summed E-state index contributed by atoms with van der Waals surface area (Å²) in [7, 11) is 0. The van der Waals surface area contributed by atoms with Gasteiger partial charge in [0, 0.05) is 18.6 Å². The molecule has 4 rings (SSSR count). The van der Waals surface area contributed by atoms with Gasteiger partial charge in [0.05, 0.1) is 0 Å². The number of piperidine rings is 1. The zero-order valence-corrected chi connectivity index (χ0v) is 19.2. The van der Waals surface area contributed by atoms with Crippen molar-refractivity contribution in [1.82, 2.24) is 10.2 Å². The monoisotopic (exact) mass is 432 g/mol. The number of likely N-dealkylation sites (tertiary alicyclic amines) is 1. The first-order valence-electron chi connectivity index (χ1n) is 11.4. The van der Waals surface area contributed by atoms with Crippen LogP contribution in [0.4, 0.5) is 4.79 Å². The largest absolute Gasteiger partial charge is 0.439 e. The van der Waals surface area contributed by atoms with Crippen LogP contribution in [0.1, 0.15) is 55.9 Å². The van der Waals surface area contributed by atoms with Gasteiger partial charge < -0.3 is 15.0 Å². The van der Waals surface area contributed by atoms with Gasteiger partial charge in [0.25, 0.3) is 5.91 Å². The smallest absolute Gasteiger partial charge is 0.408 e. The molecule has 1 N–H and O–H groups in total. The Morgan fingerprint density at radius 1 is 0.875 bits per heavy atom. The van der Waals surface area contributed by atoms with Crippen LogP contribution in [-0.4, -0.2) is 42.1 Å². The molecule has 0 saturated carbocycles. The van der Waals surface area contributed by atoms with Gasteiger partial charge in [-0.15, -0.1) is 0 Å². The highest BCUT2D eigenvalue weighted by Gasteiger charge is 2.26.